The van der Waals surface area contributed by atoms with Crippen LogP contribution in [0.5, 0.6) is 0 Å². The van der Waals surface area contributed by atoms with Gasteiger partial charge in [0.15, 0.2) is 0 Å². The molecule has 0 radical (unpaired) electrons. The van der Waals surface area contributed by atoms with Crippen molar-refractivity contribution in [3.63, 3.8) is 0 Å². The summed E-state index contributed by atoms with van der Waals surface area (Å²) in [5.74, 6) is 0. The summed E-state index contributed by atoms with van der Waals surface area (Å²) in [5, 5.41) is 3.68. The number of benzene rings is 1. The third-order valence-electron chi connectivity index (χ3n) is 3.55. The molecule has 0 amide bonds. The van der Waals surface area contributed by atoms with Crippen LogP contribution >= 0.6 is 15.9 Å². The van der Waals surface area contributed by atoms with Crippen molar-refractivity contribution in [3.05, 3.63) is 28.2 Å². The molecule has 0 aromatic heterocycles. The van der Waals surface area contributed by atoms with Crippen LogP contribution in [0, 0.1) is 6.92 Å². The van der Waals surface area contributed by atoms with Crippen molar-refractivity contribution < 1.29 is 0 Å². The summed E-state index contributed by atoms with van der Waals surface area (Å²) in [6, 6.07) is 7.69. The van der Waals surface area contributed by atoms with Crippen molar-refractivity contribution in [1.29, 1.82) is 0 Å². The molecule has 19 heavy (non-hydrogen) atoms. The van der Waals surface area contributed by atoms with Crippen molar-refractivity contribution in [2.45, 2.75) is 25.9 Å². The lowest BCUT2D eigenvalue weighted by atomic mass is 10.1. The number of rotatable bonds is 3. The number of hydrogen-bond donors (Lipinski definition) is 1. The number of aryl methyl sites for hydroxylation is 1. The summed E-state index contributed by atoms with van der Waals surface area (Å²) < 4.78 is 1.18. The van der Waals surface area contributed by atoms with Gasteiger partial charge in [-0.25, -0.2) is 0 Å². The molecular formula is C15H24BrN3. The Balaban J connectivity index is 2.12. The first-order valence-electron chi connectivity index (χ1n) is 6.87. The Kier molecular flexibility index (Phi) is 4.87. The van der Waals surface area contributed by atoms with E-state index in [1.165, 1.54) is 15.7 Å². The summed E-state index contributed by atoms with van der Waals surface area (Å²) in [6.07, 6.45) is 0. The summed E-state index contributed by atoms with van der Waals surface area (Å²) >= 11 is 3.57. The molecule has 2 unspecified atom stereocenters. The zero-order chi connectivity index (χ0) is 14.0. The maximum atomic E-state index is 3.68. The molecule has 1 saturated heterocycles. The third kappa shape index (κ3) is 3.94. The van der Waals surface area contributed by atoms with Gasteiger partial charge in [0.2, 0.25) is 0 Å². The van der Waals surface area contributed by atoms with E-state index < -0.39 is 0 Å². The highest BCUT2D eigenvalue weighted by molar-refractivity contribution is 9.10. The van der Waals surface area contributed by atoms with Gasteiger partial charge in [-0.1, -0.05) is 15.9 Å². The largest absolute Gasteiger partial charge is 0.368 e. The first-order valence-corrected chi connectivity index (χ1v) is 7.67. The zero-order valence-electron chi connectivity index (χ0n) is 12.3. The number of anilines is 1. The fourth-order valence-electron chi connectivity index (χ4n) is 2.77. The van der Waals surface area contributed by atoms with Crippen molar-refractivity contribution >= 4 is 21.6 Å². The number of hydrogen-bond acceptors (Lipinski definition) is 3. The molecule has 1 heterocycles. The van der Waals surface area contributed by atoms with Gasteiger partial charge in [0.25, 0.3) is 0 Å². The number of likely N-dealkylation sites (N-methyl/N-ethyl adjacent to an activating group) is 1. The Hall–Kier alpha value is -0.580. The Bertz CT molecular complexity index is 431. The molecule has 0 spiro atoms. The predicted molar refractivity (Wildman–Crippen MR) is 86.0 cm³/mol. The second-order valence-electron chi connectivity index (χ2n) is 5.87. The fraction of sp³-hybridized carbons (Fsp3) is 0.600. The van der Waals surface area contributed by atoms with E-state index in [1.807, 2.05) is 0 Å². The summed E-state index contributed by atoms with van der Waals surface area (Å²) in [5.41, 5.74) is 2.63. The molecule has 0 aliphatic carbocycles. The first kappa shape index (κ1) is 14.8. The van der Waals surface area contributed by atoms with E-state index >= 15 is 0 Å². The van der Waals surface area contributed by atoms with Gasteiger partial charge in [-0.3, -0.25) is 0 Å². The fourth-order valence-corrected chi connectivity index (χ4v) is 3.01. The van der Waals surface area contributed by atoms with Gasteiger partial charge in [0, 0.05) is 41.9 Å². The van der Waals surface area contributed by atoms with Crippen LogP contribution in [0.4, 0.5) is 5.69 Å². The van der Waals surface area contributed by atoms with E-state index in [2.05, 4.69) is 77.2 Å². The first-order chi connectivity index (χ1) is 8.95. The molecular weight excluding hydrogens is 302 g/mol. The monoisotopic (exact) mass is 325 g/mol. The van der Waals surface area contributed by atoms with E-state index in [1.54, 1.807) is 0 Å². The predicted octanol–water partition coefficient (Wildman–Crippen LogP) is 2.49. The van der Waals surface area contributed by atoms with Crippen LogP contribution in [-0.4, -0.2) is 50.7 Å². The molecule has 1 N–H and O–H groups in total. The summed E-state index contributed by atoms with van der Waals surface area (Å²) in [7, 11) is 4.27. The van der Waals surface area contributed by atoms with Gasteiger partial charge in [-0.15, -0.1) is 0 Å². The number of halogens is 1. The number of piperazine rings is 1. The van der Waals surface area contributed by atoms with Crippen molar-refractivity contribution in [1.82, 2.24) is 10.2 Å². The third-order valence-corrected chi connectivity index (χ3v) is 4.44. The van der Waals surface area contributed by atoms with Crippen LogP contribution in [0.1, 0.15) is 12.5 Å². The minimum Gasteiger partial charge on any atom is -0.368 e. The van der Waals surface area contributed by atoms with Gasteiger partial charge in [-0.2, -0.15) is 0 Å². The molecule has 1 aliphatic rings. The standard InChI is InChI=1S/C15H24BrN3/c1-11-7-14(5-6-15(11)16)19-8-12(2)17-13(10-19)9-18(3)4/h5-7,12-13,17H,8-10H2,1-4H3. The summed E-state index contributed by atoms with van der Waals surface area (Å²) in [6.45, 7) is 7.64. The molecule has 2 atom stereocenters. The maximum Gasteiger partial charge on any atom is 0.0373 e. The topological polar surface area (TPSA) is 18.5 Å². The van der Waals surface area contributed by atoms with Crippen LogP contribution in [0.2, 0.25) is 0 Å². The van der Waals surface area contributed by atoms with Crippen LogP contribution in [0.25, 0.3) is 0 Å². The van der Waals surface area contributed by atoms with E-state index in [0.717, 1.165) is 19.6 Å². The Morgan fingerprint density at radius 2 is 2.11 bits per heavy atom. The quantitative estimate of drug-likeness (QED) is 0.921. The van der Waals surface area contributed by atoms with Gasteiger partial charge < -0.3 is 15.1 Å². The molecule has 1 fully saturated rings. The van der Waals surface area contributed by atoms with Crippen molar-refractivity contribution in [2.75, 3.05) is 38.6 Å². The van der Waals surface area contributed by atoms with E-state index in [4.69, 9.17) is 0 Å². The van der Waals surface area contributed by atoms with Crippen molar-refractivity contribution in [2.24, 2.45) is 0 Å². The van der Waals surface area contributed by atoms with Crippen LogP contribution in [-0.2, 0) is 0 Å². The molecule has 1 aromatic rings. The van der Waals surface area contributed by atoms with E-state index in [9.17, 15) is 0 Å². The maximum absolute atomic E-state index is 3.68. The lowest BCUT2D eigenvalue weighted by molar-refractivity contribution is 0.297. The highest BCUT2D eigenvalue weighted by atomic mass is 79.9. The molecule has 0 saturated carbocycles. The average molecular weight is 326 g/mol. The molecule has 106 valence electrons. The Morgan fingerprint density at radius 1 is 1.37 bits per heavy atom. The lowest BCUT2D eigenvalue weighted by Gasteiger charge is -2.40. The number of nitrogens with zero attached hydrogens (tertiary/aromatic N) is 2. The van der Waals surface area contributed by atoms with Gasteiger partial charge in [-0.05, 0) is 51.7 Å². The number of nitrogens with one attached hydrogen (secondary N) is 1. The second kappa shape index (κ2) is 6.25. The second-order valence-corrected chi connectivity index (χ2v) is 6.72. The van der Waals surface area contributed by atoms with Gasteiger partial charge in [0.05, 0.1) is 0 Å². The molecule has 1 aromatic carbocycles. The average Bonchev–Trinajstić information content (AvgIpc) is 2.31. The minimum absolute atomic E-state index is 0.530. The normalized spacial score (nSPS) is 24.0. The smallest absolute Gasteiger partial charge is 0.0373 e. The summed E-state index contributed by atoms with van der Waals surface area (Å²) in [4.78, 5) is 4.75. The zero-order valence-corrected chi connectivity index (χ0v) is 13.9. The molecule has 1 aliphatic heterocycles. The van der Waals surface area contributed by atoms with Crippen LogP contribution in [0.3, 0.4) is 0 Å². The molecule has 0 bridgehead atoms. The Labute approximate surface area is 125 Å². The van der Waals surface area contributed by atoms with Gasteiger partial charge in [0.1, 0.15) is 0 Å². The van der Waals surface area contributed by atoms with Crippen LogP contribution in [0.15, 0.2) is 22.7 Å². The molecule has 2 rings (SSSR count). The molecule has 4 heteroatoms. The highest BCUT2D eigenvalue weighted by Crippen LogP contribution is 2.24. The van der Waals surface area contributed by atoms with Gasteiger partial charge >= 0.3 is 0 Å². The Morgan fingerprint density at radius 3 is 2.74 bits per heavy atom. The van der Waals surface area contributed by atoms with Crippen molar-refractivity contribution in [3.8, 4) is 0 Å². The SMILES string of the molecule is Cc1cc(N2CC(C)NC(CN(C)C)C2)ccc1Br. The highest BCUT2D eigenvalue weighted by Gasteiger charge is 2.24. The lowest BCUT2D eigenvalue weighted by Crippen LogP contribution is -2.58. The van der Waals surface area contributed by atoms with E-state index in [0.29, 0.717) is 12.1 Å². The molecule has 3 nitrogen and oxygen atoms in total. The van der Waals surface area contributed by atoms with E-state index in [-0.39, 0.29) is 0 Å². The van der Waals surface area contributed by atoms with Crippen LogP contribution < -0.4 is 10.2 Å². The minimum atomic E-state index is 0.530.